The number of Topliss-reactive ketones (excluding diaryl/α,β-unsaturated/α-hetero) is 1. The predicted molar refractivity (Wildman–Crippen MR) is 52.6 cm³/mol. The van der Waals surface area contributed by atoms with E-state index in [1.807, 2.05) is 0 Å². The van der Waals surface area contributed by atoms with Crippen molar-refractivity contribution in [2.45, 2.75) is 19.8 Å². The lowest BCUT2D eigenvalue weighted by Gasteiger charge is -2.02. The van der Waals surface area contributed by atoms with Gasteiger partial charge in [0.15, 0.2) is 0 Å². The first-order valence-electron chi connectivity index (χ1n) is 4.28. The van der Waals surface area contributed by atoms with Crippen LogP contribution in [-0.2, 0) is 11.2 Å². The highest BCUT2D eigenvalue weighted by molar-refractivity contribution is 5.76. The molecule has 1 N–H and O–H groups in total. The third-order valence-corrected chi connectivity index (χ3v) is 1.91. The molecule has 1 aromatic carbocycles. The number of nitrogens with zero attached hydrogens (tertiary/aromatic N) is 1. The van der Waals surface area contributed by atoms with Crippen LogP contribution in [0.25, 0.3) is 0 Å². The summed E-state index contributed by atoms with van der Waals surface area (Å²) in [5.41, 5.74) is 0.888. The van der Waals surface area contributed by atoms with Gasteiger partial charge < -0.3 is 9.90 Å². The highest BCUT2D eigenvalue weighted by Crippen LogP contribution is 2.25. The van der Waals surface area contributed by atoms with Crippen LogP contribution >= 0.6 is 0 Å². The third kappa shape index (κ3) is 2.65. The highest BCUT2D eigenvalue weighted by atomic mass is 16.3. The third-order valence-electron chi connectivity index (χ3n) is 1.91. The molecule has 74 valence electrons. The SMILES string of the molecule is CC(=O)CCc1ccc(O)cc1N=O. The van der Waals surface area contributed by atoms with Crippen LogP contribution in [-0.4, -0.2) is 10.9 Å². The maximum atomic E-state index is 10.7. The van der Waals surface area contributed by atoms with Crippen molar-refractivity contribution in [2.24, 2.45) is 5.18 Å². The second kappa shape index (κ2) is 4.50. The zero-order valence-electron chi connectivity index (χ0n) is 7.86. The van der Waals surface area contributed by atoms with Crippen LogP contribution < -0.4 is 0 Å². The quantitative estimate of drug-likeness (QED) is 0.746. The van der Waals surface area contributed by atoms with Gasteiger partial charge in [-0.1, -0.05) is 6.07 Å². The Morgan fingerprint density at radius 2 is 2.21 bits per heavy atom. The van der Waals surface area contributed by atoms with E-state index in [4.69, 9.17) is 5.11 Å². The Labute approximate surface area is 81.5 Å². The van der Waals surface area contributed by atoms with Crippen molar-refractivity contribution in [3.63, 3.8) is 0 Å². The maximum absolute atomic E-state index is 10.7. The lowest BCUT2D eigenvalue weighted by Crippen LogP contribution is -1.94. The maximum Gasteiger partial charge on any atom is 0.130 e. The summed E-state index contributed by atoms with van der Waals surface area (Å²) in [5.74, 6) is 0.0705. The minimum absolute atomic E-state index is 0.00572. The molecule has 0 aliphatic carbocycles. The van der Waals surface area contributed by atoms with E-state index in [1.54, 1.807) is 6.07 Å². The van der Waals surface area contributed by atoms with Gasteiger partial charge in [-0.05, 0) is 30.2 Å². The molecule has 0 aliphatic rings. The molecular formula is C10H11NO3. The van der Waals surface area contributed by atoms with E-state index in [1.165, 1.54) is 19.1 Å². The summed E-state index contributed by atoms with van der Waals surface area (Å²) >= 11 is 0. The largest absolute Gasteiger partial charge is 0.508 e. The van der Waals surface area contributed by atoms with E-state index < -0.39 is 0 Å². The molecule has 0 heterocycles. The van der Waals surface area contributed by atoms with Gasteiger partial charge in [0.2, 0.25) is 0 Å². The number of aryl methyl sites for hydroxylation is 1. The summed E-state index contributed by atoms with van der Waals surface area (Å²) in [5, 5.41) is 11.9. The lowest BCUT2D eigenvalue weighted by atomic mass is 10.1. The average Bonchev–Trinajstić information content (AvgIpc) is 2.15. The first kappa shape index (κ1) is 10.4. The summed E-state index contributed by atoms with van der Waals surface area (Å²) in [6.45, 7) is 1.49. The molecule has 1 rings (SSSR count). The average molecular weight is 193 g/mol. The van der Waals surface area contributed by atoms with E-state index in [9.17, 15) is 9.70 Å². The number of phenols is 1. The first-order valence-corrected chi connectivity index (χ1v) is 4.28. The molecule has 1 aromatic rings. The van der Waals surface area contributed by atoms with Crippen LogP contribution in [0.2, 0.25) is 0 Å². The molecule has 0 saturated heterocycles. The molecule has 0 unspecified atom stereocenters. The second-order valence-electron chi connectivity index (χ2n) is 3.11. The Hall–Kier alpha value is -1.71. The van der Waals surface area contributed by atoms with Gasteiger partial charge in [-0.25, -0.2) is 0 Å². The molecule has 0 bridgehead atoms. The Bertz CT molecular complexity index is 360. The summed E-state index contributed by atoms with van der Waals surface area (Å²) < 4.78 is 0. The topological polar surface area (TPSA) is 66.7 Å². The Balaban J connectivity index is 2.85. The Morgan fingerprint density at radius 1 is 1.50 bits per heavy atom. The molecule has 4 heteroatoms. The molecule has 4 nitrogen and oxygen atoms in total. The van der Waals surface area contributed by atoms with Crippen molar-refractivity contribution in [1.82, 2.24) is 0 Å². The number of carbonyl (C=O) groups is 1. The number of carbonyl (C=O) groups excluding carboxylic acids is 1. The van der Waals surface area contributed by atoms with E-state index in [-0.39, 0.29) is 17.2 Å². The monoisotopic (exact) mass is 193 g/mol. The molecule has 0 fully saturated rings. The fourth-order valence-corrected chi connectivity index (χ4v) is 1.16. The molecule has 0 aromatic heterocycles. The summed E-state index contributed by atoms with van der Waals surface area (Å²) in [6, 6.07) is 4.38. The number of hydrogen-bond acceptors (Lipinski definition) is 4. The number of phenolic OH excluding ortho intramolecular Hbond substituents is 1. The lowest BCUT2D eigenvalue weighted by molar-refractivity contribution is -0.116. The Morgan fingerprint density at radius 3 is 2.79 bits per heavy atom. The minimum Gasteiger partial charge on any atom is -0.508 e. The zero-order valence-corrected chi connectivity index (χ0v) is 7.86. The molecule has 0 aliphatic heterocycles. The smallest absolute Gasteiger partial charge is 0.130 e. The zero-order chi connectivity index (χ0) is 10.6. The van der Waals surface area contributed by atoms with Gasteiger partial charge in [0.1, 0.15) is 17.2 Å². The van der Waals surface area contributed by atoms with Gasteiger partial charge >= 0.3 is 0 Å². The number of aromatic hydroxyl groups is 1. The molecule has 14 heavy (non-hydrogen) atoms. The standard InChI is InChI=1S/C10H11NO3/c1-7(12)2-3-8-4-5-9(13)6-10(8)11-14/h4-6,13H,2-3H2,1H3. The number of nitroso groups, excluding NO2 is 1. The number of hydrogen-bond donors (Lipinski definition) is 1. The van der Waals surface area contributed by atoms with Crippen molar-refractivity contribution in [3.8, 4) is 5.75 Å². The van der Waals surface area contributed by atoms with E-state index in [0.717, 1.165) is 0 Å². The molecule has 0 radical (unpaired) electrons. The summed E-state index contributed by atoms with van der Waals surface area (Å²) in [7, 11) is 0. The fraction of sp³-hybridized carbons (Fsp3) is 0.300. The molecular weight excluding hydrogens is 182 g/mol. The minimum atomic E-state index is 0.00572. The van der Waals surface area contributed by atoms with Crippen LogP contribution in [0.1, 0.15) is 18.9 Å². The normalized spacial score (nSPS) is 9.79. The van der Waals surface area contributed by atoms with Crippen molar-refractivity contribution >= 4 is 11.5 Å². The first-order chi connectivity index (χ1) is 6.63. The number of ketones is 1. The van der Waals surface area contributed by atoms with Gasteiger partial charge in [-0.3, -0.25) is 0 Å². The van der Waals surface area contributed by atoms with Crippen LogP contribution in [0, 0.1) is 4.91 Å². The molecule has 0 saturated carbocycles. The van der Waals surface area contributed by atoms with Gasteiger partial charge in [0, 0.05) is 12.5 Å². The second-order valence-corrected chi connectivity index (χ2v) is 3.11. The van der Waals surface area contributed by atoms with E-state index in [2.05, 4.69) is 5.18 Å². The highest BCUT2D eigenvalue weighted by Gasteiger charge is 2.05. The van der Waals surface area contributed by atoms with Gasteiger partial charge in [0.25, 0.3) is 0 Å². The van der Waals surface area contributed by atoms with Gasteiger partial charge in [0.05, 0.1) is 0 Å². The van der Waals surface area contributed by atoms with Crippen LogP contribution in [0.5, 0.6) is 5.75 Å². The predicted octanol–water partition coefficient (Wildman–Crippen LogP) is 2.31. The van der Waals surface area contributed by atoms with E-state index in [0.29, 0.717) is 18.4 Å². The van der Waals surface area contributed by atoms with Crippen molar-refractivity contribution in [1.29, 1.82) is 0 Å². The van der Waals surface area contributed by atoms with E-state index >= 15 is 0 Å². The molecule has 0 spiro atoms. The van der Waals surface area contributed by atoms with Crippen molar-refractivity contribution < 1.29 is 9.90 Å². The van der Waals surface area contributed by atoms with Gasteiger partial charge in [-0.15, -0.1) is 4.91 Å². The fourth-order valence-electron chi connectivity index (χ4n) is 1.16. The Kier molecular flexibility index (Phi) is 3.34. The molecule has 0 atom stereocenters. The summed E-state index contributed by atoms with van der Waals surface area (Å²) in [4.78, 5) is 21.1. The van der Waals surface area contributed by atoms with Gasteiger partial charge in [-0.2, -0.15) is 0 Å². The van der Waals surface area contributed by atoms with Crippen LogP contribution in [0.15, 0.2) is 23.4 Å². The number of rotatable bonds is 4. The van der Waals surface area contributed by atoms with Crippen LogP contribution in [0.4, 0.5) is 5.69 Å². The van der Waals surface area contributed by atoms with Crippen molar-refractivity contribution in [3.05, 3.63) is 28.7 Å². The summed E-state index contributed by atoms with van der Waals surface area (Å²) in [6.07, 6.45) is 0.865. The van der Waals surface area contributed by atoms with Crippen molar-refractivity contribution in [2.75, 3.05) is 0 Å². The molecule has 0 amide bonds. The van der Waals surface area contributed by atoms with Crippen LogP contribution in [0.3, 0.4) is 0 Å². The number of benzene rings is 1.